The molecule has 1 fully saturated rings. The molecule has 0 saturated carbocycles. The number of rotatable bonds is 8. The Morgan fingerprint density at radius 3 is 2.43 bits per heavy atom. The van der Waals surface area contributed by atoms with Gasteiger partial charge in [0.05, 0.1) is 0 Å². The smallest absolute Gasteiger partial charge is 0.231 e. The number of aromatic nitrogens is 3. The summed E-state index contributed by atoms with van der Waals surface area (Å²) in [4.78, 5) is 15.8. The van der Waals surface area contributed by atoms with Crippen LogP contribution in [0.5, 0.6) is 0 Å². The van der Waals surface area contributed by atoms with E-state index in [2.05, 4.69) is 50.6 Å². The number of anilines is 3. The molecule has 1 aromatic heterocycles. The van der Waals surface area contributed by atoms with E-state index in [0.29, 0.717) is 17.1 Å². The van der Waals surface area contributed by atoms with Gasteiger partial charge in [-0.3, -0.25) is 0 Å². The van der Waals surface area contributed by atoms with Gasteiger partial charge in [0.25, 0.3) is 0 Å². The summed E-state index contributed by atoms with van der Waals surface area (Å²) in [6.45, 7) is 8.14. The first-order chi connectivity index (χ1) is 10.2. The minimum Gasteiger partial charge on any atom is -0.354 e. The molecule has 1 atom stereocenters. The molecule has 2 heterocycles. The molecular formula is C14H26N6S. The van der Waals surface area contributed by atoms with E-state index in [1.165, 1.54) is 12.8 Å². The van der Waals surface area contributed by atoms with E-state index in [4.69, 9.17) is 0 Å². The predicted molar refractivity (Wildman–Crippen MR) is 91.5 cm³/mol. The normalized spacial score (nSPS) is 16.0. The molecule has 21 heavy (non-hydrogen) atoms. The number of nitrogens with zero attached hydrogens (tertiary/aromatic N) is 4. The van der Waals surface area contributed by atoms with E-state index < -0.39 is 0 Å². The van der Waals surface area contributed by atoms with Crippen LogP contribution < -0.4 is 15.5 Å². The van der Waals surface area contributed by atoms with Crippen molar-refractivity contribution in [2.24, 2.45) is 0 Å². The highest BCUT2D eigenvalue weighted by Crippen LogP contribution is 2.19. The highest BCUT2D eigenvalue weighted by Gasteiger charge is 2.17. The molecule has 1 saturated heterocycles. The topological polar surface area (TPSA) is 66.0 Å². The predicted octanol–water partition coefficient (Wildman–Crippen LogP) is 2.46. The van der Waals surface area contributed by atoms with Crippen LogP contribution in [0.3, 0.4) is 0 Å². The summed E-state index contributed by atoms with van der Waals surface area (Å²) < 4.78 is 0. The van der Waals surface area contributed by atoms with Crippen molar-refractivity contribution in [3.63, 3.8) is 0 Å². The third-order valence-corrected chi connectivity index (χ3v) is 4.47. The Balaban J connectivity index is 2.11. The van der Waals surface area contributed by atoms with E-state index in [1.807, 2.05) is 11.8 Å². The average Bonchev–Trinajstić information content (AvgIpc) is 3.04. The van der Waals surface area contributed by atoms with Gasteiger partial charge >= 0.3 is 0 Å². The number of nitrogens with one attached hydrogen (secondary N) is 2. The van der Waals surface area contributed by atoms with Gasteiger partial charge in [-0.05, 0) is 25.5 Å². The zero-order valence-corrected chi connectivity index (χ0v) is 14.0. The van der Waals surface area contributed by atoms with Crippen LogP contribution >= 0.6 is 11.8 Å². The molecule has 1 aliphatic rings. The molecule has 1 aromatic rings. The molecule has 118 valence electrons. The van der Waals surface area contributed by atoms with E-state index in [1.54, 1.807) is 0 Å². The summed E-state index contributed by atoms with van der Waals surface area (Å²) in [7, 11) is 0. The third kappa shape index (κ3) is 4.91. The molecule has 2 N–H and O–H groups in total. The van der Waals surface area contributed by atoms with Crippen LogP contribution in [0.2, 0.25) is 0 Å². The highest BCUT2D eigenvalue weighted by molar-refractivity contribution is 7.99. The van der Waals surface area contributed by atoms with Gasteiger partial charge in [0.1, 0.15) is 0 Å². The first-order valence-corrected chi connectivity index (χ1v) is 9.03. The van der Waals surface area contributed by atoms with Gasteiger partial charge in [-0.15, -0.1) is 0 Å². The number of thioether (sulfide) groups is 1. The molecule has 1 aliphatic heterocycles. The second-order valence-electron chi connectivity index (χ2n) is 5.33. The molecule has 1 unspecified atom stereocenters. The molecular weight excluding hydrogens is 284 g/mol. The molecule has 7 heteroatoms. The van der Waals surface area contributed by atoms with Gasteiger partial charge in [-0.25, -0.2) is 0 Å². The lowest BCUT2D eigenvalue weighted by Crippen LogP contribution is -2.23. The Morgan fingerprint density at radius 2 is 1.81 bits per heavy atom. The zero-order chi connectivity index (χ0) is 15.1. The minimum absolute atomic E-state index is 0.532. The van der Waals surface area contributed by atoms with Crippen LogP contribution in [-0.2, 0) is 0 Å². The Morgan fingerprint density at radius 1 is 1.14 bits per heavy atom. The number of hydrogen-bond acceptors (Lipinski definition) is 7. The maximum Gasteiger partial charge on any atom is 0.231 e. The molecule has 0 bridgehead atoms. The van der Waals surface area contributed by atoms with Crippen molar-refractivity contribution < 1.29 is 0 Å². The Labute approximate surface area is 131 Å². The molecule has 0 spiro atoms. The summed E-state index contributed by atoms with van der Waals surface area (Å²) in [5, 5.41) is 7.12. The molecule has 0 radical (unpaired) electrons. The van der Waals surface area contributed by atoms with E-state index in [0.717, 1.165) is 38.5 Å². The fourth-order valence-corrected chi connectivity index (χ4v) is 2.39. The van der Waals surface area contributed by atoms with Crippen molar-refractivity contribution in [1.82, 2.24) is 15.0 Å². The molecule has 0 aromatic carbocycles. The maximum absolute atomic E-state index is 4.57. The summed E-state index contributed by atoms with van der Waals surface area (Å²) in [6, 6.07) is 0. The number of hydrogen-bond donors (Lipinski definition) is 2. The van der Waals surface area contributed by atoms with Gasteiger partial charge in [0.2, 0.25) is 17.8 Å². The maximum atomic E-state index is 4.57. The standard InChI is InChI=1S/C14H26N6S/c1-4-7-15-12-17-13(16-10-11(2)21-3)19-14(18-12)20-8-5-6-9-20/h11H,4-10H2,1-3H3,(H2,15,16,17,18,19). The van der Waals surface area contributed by atoms with Gasteiger partial charge < -0.3 is 15.5 Å². The monoisotopic (exact) mass is 310 g/mol. The molecule has 6 nitrogen and oxygen atoms in total. The minimum atomic E-state index is 0.532. The van der Waals surface area contributed by atoms with Crippen molar-refractivity contribution in [2.45, 2.75) is 38.4 Å². The second-order valence-corrected chi connectivity index (χ2v) is 6.61. The molecule has 0 aliphatic carbocycles. The van der Waals surface area contributed by atoms with Crippen LogP contribution in [-0.4, -0.2) is 52.6 Å². The van der Waals surface area contributed by atoms with Gasteiger partial charge in [-0.1, -0.05) is 13.8 Å². The fraction of sp³-hybridized carbons (Fsp3) is 0.786. The van der Waals surface area contributed by atoms with Crippen LogP contribution in [0.1, 0.15) is 33.1 Å². The summed E-state index contributed by atoms with van der Waals surface area (Å²) in [5.74, 6) is 2.14. The third-order valence-electron chi connectivity index (χ3n) is 3.50. The van der Waals surface area contributed by atoms with E-state index in [-0.39, 0.29) is 0 Å². The SMILES string of the molecule is CCCNc1nc(NCC(C)SC)nc(N2CCCC2)n1. The quantitative estimate of drug-likeness (QED) is 0.764. The lowest BCUT2D eigenvalue weighted by Gasteiger charge is -2.17. The van der Waals surface area contributed by atoms with Crippen molar-refractivity contribution in [2.75, 3.05) is 48.0 Å². The summed E-state index contributed by atoms with van der Waals surface area (Å²) >= 11 is 1.83. The highest BCUT2D eigenvalue weighted by atomic mass is 32.2. The second kappa shape index (κ2) is 8.26. The van der Waals surface area contributed by atoms with Crippen molar-refractivity contribution in [1.29, 1.82) is 0 Å². The van der Waals surface area contributed by atoms with Gasteiger partial charge in [0.15, 0.2) is 0 Å². The van der Waals surface area contributed by atoms with Gasteiger partial charge in [0, 0.05) is 31.4 Å². The van der Waals surface area contributed by atoms with E-state index in [9.17, 15) is 0 Å². The Bertz CT molecular complexity index is 435. The lowest BCUT2D eigenvalue weighted by molar-refractivity contribution is 0.864. The van der Waals surface area contributed by atoms with Crippen molar-refractivity contribution >= 4 is 29.6 Å². The summed E-state index contributed by atoms with van der Waals surface area (Å²) in [5.41, 5.74) is 0. The Hall–Kier alpha value is -1.24. The van der Waals surface area contributed by atoms with Crippen LogP contribution in [0.15, 0.2) is 0 Å². The largest absolute Gasteiger partial charge is 0.354 e. The first-order valence-electron chi connectivity index (χ1n) is 7.74. The molecule has 0 amide bonds. The molecule has 2 rings (SSSR count). The average molecular weight is 310 g/mol. The fourth-order valence-electron chi connectivity index (χ4n) is 2.14. The lowest BCUT2D eigenvalue weighted by atomic mass is 10.4. The Kier molecular flexibility index (Phi) is 6.35. The van der Waals surface area contributed by atoms with Crippen LogP contribution in [0, 0.1) is 0 Å². The van der Waals surface area contributed by atoms with Crippen molar-refractivity contribution in [3.05, 3.63) is 0 Å². The van der Waals surface area contributed by atoms with Gasteiger partial charge in [-0.2, -0.15) is 26.7 Å². The zero-order valence-electron chi connectivity index (χ0n) is 13.2. The first kappa shape index (κ1) is 16.1. The van der Waals surface area contributed by atoms with E-state index >= 15 is 0 Å². The van der Waals surface area contributed by atoms with Crippen LogP contribution in [0.25, 0.3) is 0 Å². The van der Waals surface area contributed by atoms with Crippen LogP contribution in [0.4, 0.5) is 17.8 Å². The summed E-state index contributed by atoms with van der Waals surface area (Å²) in [6.07, 6.45) is 5.60. The van der Waals surface area contributed by atoms with Crippen molar-refractivity contribution in [3.8, 4) is 0 Å².